The van der Waals surface area contributed by atoms with Crippen LogP contribution in [-0.2, 0) is 6.54 Å². The van der Waals surface area contributed by atoms with Gasteiger partial charge in [0.15, 0.2) is 5.82 Å². The van der Waals surface area contributed by atoms with E-state index in [-0.39, 0.29) is 0 Å². The first-order chi connectivity index (χ1) is 9.78. The lowest BCUT2D eigenvalue weighted by Crippen LogP contribution is -2.48. The molecule has 5 nitrogen and oxygen atoms in total. The average molecular weight is 292 g/mol. The van der Waals surface area contributed by atoms with Gasteiger partial charge in [0.05, 0.1) is 12.1 Å². The van der Waals surface area contributed by atoms with E-state index < -0.39 is 0 Å². The predicted molar refractivity (Wildman–Crippen MR) is 79.3 cm³/mol. The average Bonchev–Trinajstić information content (AvgIpc) is 3.09. The highest BCUT2D eigenvalue weighted by Gasteiger charge is 2.28. The van der Waals surface area contributed by atoms with Crippen LogP contribution in [0.15, 0.2) is 21.3 Å². The molecule has 2 atom stereocenters. The predicted octanol–water partition coefficient (Wildman–Crippen LogP) is 2.36. The van der Waals surface area contributed by atoms with Crippen LogP contribution in [0.2, 0.25) is 0 Å². The second kappa shape index (κ2) is 6.03. The molecule has 2 unspecified atom stereocenters. The van der Waals surface area contributed by atoms with Crippen LogP contribution in [0, 0.1) is 5.92 Å². The van der Waals surface area contributed by atoms with E-state index in [4.69, 9.17) is 10.3 Å². The van der Waals surface area contributed by atoms with Crippen LogP contribution < -0.4 is 5.73 Å². The van der Waals surface area contributed by atoms with Crippen LogP contribution >= 0.6 is 11.3 Å². The Kier molecular flexibility index (Phi) is 4.14. The number of hydrogen-bond acceptors (Lipinski definition) is 6. The van der Waals surface area contributed by atoms with E-state index in [0.29, 0.717) is 24.4 Å². The van der Waals surface area contributed by atoms with E-state index in [9.17, 15) is 0 Å². The summed E-state index contributed by atoms with van der Waals surface area (Å²) in [6.07, 6.45) is 2.47. The molecule has 2 N–H and O–H groups in total. The molecule has 0 saturated carbocycles. The second-order valence-corrected chi connectivity index (χ2v) is 6.20. The van der Waals surface area contributed by atoms with Crippen LogP contribution in [0.5, 0.6) is 0 Å². The van der Waals surface area contributed by atoms with Crippen molar-refractivity contribution in [3.8, 4) is 11.5 Å². The number of rotatable bonds is 4. The van der Waals surface area contributed by atoms with Gasteiger partial charge in [-0.05, 0) is 36.8 Å². The van der Waals surface area contributed by atoms with Crippen molar-refractivity contribution in [3.63, 3.8) is 0 Å². The first kappa shape index (κ1) is 13.7. The van der Waals surface area contributed by atoms with Crippen molar-refractivity contribution in [3.05, 3.63) is 22.7 Å². The standard InChI is InChI=1S/C14H20N4OS/c1-10-3-2-5-18(12(10)7-15)8-13-16-14(19-17-13)11-4-6-20-9-11/h4,6,9-10,12H,2-3,5,7-8,15H2,1H3. The Balaban J connectivity index is 1.71. The maximum Gasteiger partial charge on any atom is 0.258 e. The fraction of sp³-hybridized carbons (Fsp3) is 0.571. The Bertz CT molecular complexity index is 539. The molecule has 1 fully saturated rings. The van der Waals surface area contributed by atoms with Gasteiger partial charge in [0.2, 0.25) is 0 Å². The number of aromatic nitrogens is 2. The third-order valence-corrected chi connectivity index (χ3v) is 4.74. The van der Waals surface area contributed by atoms with E-state index in [1.165, 1.54) is 12.8 Å². The zero-order valence-corrected chi connectivity index (χ0v) is 12.5. The van der Waals surface area contributed by atoms with Gasteiger partial charge < -0.3 is 10.3 Å². The van der Waals surface area contributed by atoms with E-state index in [2.05, 4.69) is 22.0 Å². The summed E-state index contributed by atoms with van der Waals surface area (Å²) < 4.78 is 5.33. The normalized spacial score (nSPS) is 24.1. The number of thiophene rings is 1. The smallest absolute Gasteiger partial charge is 0.258 e. The lowest BCUT2D eigenvalue weighted by Gasteiger charge is -2.38. The van der Waals surface area contributed by atoms with Crippen molar-refractivity contribution in [2.45, 2.75) is 32.4 Å². The molecule has 0 radical (unpaired) electrons. The van der Waals surface area contributed by atoms with Crippen molar-refractivity contribution in [2.75, 3.05) is 13.1 Å². The largest absolute Gasteiger partial charge is 0.334 e. The molecule has 108 valence electrons. The van der Waals surface area contributed by atoms with Gasteiger partial charge in [-0.25, -0.2) is 0 Å². The molecule has 6 heteroatoms. The third kappa shape index (κ3) is 2.77. The summed E-state index contributed by atoms with van der Waals surface area (Å²) in [6, 6.07) is 2.42. The monoisotopic (exact) mass is 292 g/mol. The Morgan fingerprint density at radius 2 is 2.45 bits per heavy atom. The van der Waals surface area contributed by atoms with Crippen molar-refractivity contribution < 1.29 is 4.52 Å². The first-order valence-electron chi connectivity index (χ1n) is 7.07. The van der Waals surface area contributed by atoms with Gasteiger partial charge in [-0.1, -0.05) is 12.1 Å². The zero-order valence-electron chi connectivity index (χ0n) is 11.7. The minimum absolute atomic E-state index is 0.423. The van der Waals surface area contributed by atoms with Crippen LogP contribution in [0.4, 0.5) is 0 Å². The molecule has 0 aromatic carbocycles. The lowest BCUT2D eigenvalue weighted by molar-refractivity contribution is 0.0955. The van der Waals surface area contributed by atoms with Gasteiger partial charge in [-0.2, -0.15) is 16.3 Å². The molecule has 1 aliphatic heterocycles. The molecule has 20 heavy (non-hydrogen) atoms. The molecule has 1 saturated heterocycles. The SMILES string of the molecule is CC1CCCN(Cc2noc(-c3ccsc3)n2)C1CN. The third-order valence-electron chi connectivity index (χ3n) is 4.05. The van der Waals surface area contributed by atoms with E-state index in [1.54, 1.807) is 11.3 Å². The Labute approximate surface area is 122 Å². The van der Waals surface area contributed by atoms with Gasteiger partial charge in [0, 0.05) is 18.0 Å². The lowest BCUT2D eigenvalue weighted by atomic mass is 9.91. The number of hydrogen-bond donors (Lipinski definition) is 1. The van der Waals surface area contributed by atoms with Crippen LogP contribution in [0.25, 0.3) is 11.5 Å². The molecule has 2 aromatic rings. The summed E-state index contributed by atoms with van der Waals surface area (Å²) in [5, 5.41) is 8.12. The number of likely N-dealkylation sites (tertiary alicyclic amines) is 1. The fourth-order valence-corrected chi connectivity index (χ4v) is 3.55. The highest BCUT2D eigenvalue weighted by Crippen LogP contribution is 2.25. The van der Waals surface area contributed by atoms with Gasteiger partial charge in [0.1, 0.15) is 0 Å². The fourth-order valence-electron chi connectivity index (χ4n) is 2.92. The molecule has 0 spiro atoms. The molecule has 3 rings (SSSR count). The quantitative estimate of drug-likeness (QED) is 0.937. The highest BCUT2D eigenvalue weighted by atomic mass is 32.1. The summed E-state index contributed by atoms with van der Waals surface area (Å²) in [4.78, 5) is 6.87. The van der Waals surface area contributed by atoms with Crippen LogP contribution in [0.1, 0.15) is 25.6 Å². The summed E-state index contributed by atoms with van der Waals surface area (Å²) in [6.45, 7) is 4.75. The summed E-state index contributed by atoms with van der Waals surface area (Å²) in [7, 11) is 0. The van der Waals surface area contributed by atoms with Crippen LogP contribution in [0.3, 0.4) is 0 Å². The Morgan fingerprint density at radius 3 is 3.20 bits per heavy atom. The molecule has 0 aliphatic carbocycles. The van der Waals surface area contributed by atoms with E-state index in [1.807, 2.05) is 16.8 Å². The Morgan fingerprint density at radius 1 is 1.55 bits per heavy atom. The van der Waals surface area contributed by atoms with Crippen molar-refractivity contribution in [1.29, 1.82) is 0 Å². The van der Waals surface area contributed by atoms with Crippen LogP contribution in [-0.4, -0.2) is 34.2 Å². The number of piperidine rings is 1. The zero-order chi connectivity index (χ0) is 13.9. The first-order valence-corrected chi connectivity index (χ1v) is 8.01. The summed E-state index contributed by atoms with van der Waals surface area (Å²) >= 11 is 1.63. The molecule has 3 heterocycles. The maximum absolute atomic E-state index is 5.92. The molecule has 1 aliphatic rings. The van der Waals surface area contributed by atoms with Gasteiger partial charge in [-0.15, -0.1) is 0 Å². The Hall–Kier alpha value is -1.24. The molecular weight excluding hydrogens is 272 g/mol. The molecule has 0 amide bonds. The summed E-state index contributed by atoms with van der Waals surface area (Å²) in [5.41, 5.74) is 6.91. The number of nitrogens with two attached hydrogens (primary N) is 1. The molecule has 2 aromatic heterocycles. The maximum atomic E-state index is 5.92. The van der Waals surface area contributed by atoms with Crippen molar-refractivity contribution >= 4 is 11.3 Å². The van der Waals surface area contributed by atoms with Gasteiger partial charge in [0.25, 0.3) is 5.89 Å². The molecular formula is C14H20N4OS. The molecule has 0 bridgehead atoms. The van der Waals surface area contributed by atoms with E-state index >= 15 is 0 Å². The second-order valence-electron chi connectivity index (χ2n) is 5.42. The van der Waals surface area contributed by atoms with Crippen molar-refractivity contribution in [1.82, 2.24) is 15.0 Å². The van der Waals surface area contributed by atoms with Gasteiger partial charge in [-0.3, -0.25) is 4.90 Å². The minimum Gasteiger partial charge on any atom is -0.334 e. The minimum atomic E-state index is 0.423. The van der Waals surface area contributed by atoms with Gasteiger partial charge >= 0.3 is 0 Å². The topological polar surface area (TPSA) is 68.2 Å². The van der Waals surface area contributed by atoms with E-state index in [0.717, 1.165) is 24.5 Å². The summed E-state index contributed by atoms with van der Waals surface area (Å²) in [5.74, 6) is 1.99. The number of nitrogens with zero attached hydrogens (tertiary/aromatic N) is 3. The highest BCUT2D eigenvalue weighted by molar-refractivity contribution is 7.08. The van der Waals surface area contributed by atoms with Crippen molar-refractivity contribution in [2.24, 2.45) is 11.7 Å².